The highest BCUT2D eigenvalue weighted by molar-refractivity contribution is 5.96. The molecule has 2 aromatic carbocycles. The maximum absolute atomic E-state index is 12.1. The second kappa shape index (κ2) is 7.05. The van der Waals surface area contributed by atoms with Crippen LogP contribution in [0.5, 0.6) is 5.75 Å². The van der Waals surface area contributed by atoms with Crippen molar-refractivity contribution in [3.05, 3.63) is 48.0 Å². The number of benzene rings is 2. The number of ether oxygens (including phenoxy) is 1. The summed E-state index contributed by atoms with van der Waals surface area (Å²) in [6, 6.07) is 14.4. The fraction of sp³-hybridized carbons (Fsp3) is 0.350. The summed E-state index contributed by atoms with van der Waals surface area (Å²) < 4.78 is 5.37. The molecule has 1 amide bonds. The second-order valence-electron chi connectivity index (χ2n) is 6.46. The van der Waals surface area contributed by atoms with E-state index < -0.39 is 0 Å². The number of hydrogen-bond donors (Lipinski definition) is 0. The van der Waals surface area contributed by atoms with Gasteiger partial charge in [-0.1, -0.05) is 18.2 Å². The van der Waals surface area contributed by atoms with Gasteiger partial charge in [0.15, 0.2) is 0 Å². The molecule has 0 bridgehead atoms. The predicted octanol–water partition coefficient (Wildman–Crippen LogP) is 3.55. The number of rotatable bonds is 5. The van der Waals surface area contributed by atoms with E-state index in [1.807, 2.05) is 23.1 Å². The average Bonchev–Trinajstić information content (AvgIpc) is 3.01. The maximum atomic E-state index is 12.1. The van der Waals surface area contributed by atoms with Crippen molar-refractivity contribution in [2.45, 2.75) is 19.4 Å². The number of nitrogens with zero attached hydrogens (tertiary/aromatic N) is 2. The molecule has 0 unspecified atom stereocenters. The molecule has 0 saturated carbocycles. The van der Waals surface area contributed by atoms with Gasteiger partial charge in [0.25, 0.3) is 0 Å². The molecule has 3 rings (SSSR count). The fourth-order valence-electron chi connectivity index (χ4n) is 3.19. The van der Waals surface area contributed by atoms with Gasteiger partial charge in [0, 0.05) is 25.2 Å². The summed E-state index contributed by atoms with van der Waals surface area (Å²) in [6.07, 6.45) is 1.58. The van der Waals surface area contributed by atoms with E-state index in [2.05, 4.69) is 43.3 Å². The molecule has 1 aliphatic rings. The molecule has 0 spiro atoms. The molecule has 0 N–H and O–H groups in total. The molecular weight excluding hydrogens is 300 g/mol. The van der Waals surface area contributed by atoms with Crippen LogP contribution in [-0.2, 0) is 11.3 Å². The van der Waals surface area contributed by atoms with Gasteiger partial charge < -0.3 is 14.5 Å². The zero-order valence-corrected chi connectivity index (χ0v) is 14.6. The Morgan fingerprint density at radius 1 is 1.17 bits per heavy atom. The van der Waals surface area contributed by atoms with Gasteiger partial charge in [0.05, 0.1) is 7.11 Å². The number of anilines is 1. The summed E-state index contributed by atoms with van der Waals surface area (Å²) >= 11 is 0. The van der Waals surface area contributed by atoms with E-state index in [0.29, 0.717) is 6.42 Å². The third-order valence-electron chi connectivity index (χ3n) is 4.35. The van der Waals surface area contributed by atoms with Crippen molar-refractivity contribution in [1.29, 1.82) is 0 Å². The van der Waals surface area contributed by atoms with Crippen molar-refractivity contribution in [3.8, 4) is 16.9 Å². The predicted molar refractivity (Wildman–Crippen MR) is 97.4 cm³/mol. The van der Waals surface area contributed by atoms with Gasteiger partial charge in [-0.05, 0) is 61.5 Å². The summed E-state index contributed by atoms with van der Waals surface area (Å²) in [5, 5.41) is 0. The van der Waals surface area contributed by atoms with Gasteiger partial charge in [-0.15, -0.1) is 0 Å². The lowest BCUT2D eigenvalue weighted by molar-refractivity contribution is -0.117. The number of carbonyl (C=O) groups excluding carboxylic acids is 1. The lowest BCUT2D eigenvalue weighted by atomic mass is 9.98. The third kappa shape index (κ3) is 3.44. The van der Waals surface area contributed by atoms with Crippen molar-refractivity contribution in [1.82, 2.24) is 4.90 Å². The smallest absolute Gasteiger partial charge is 0.227 e. The summed E-state index contributed by atoms with van der Waals surface area (Å²) in [5.74, 6) is 1.05. The second-order valence-corrected chi connectivity index (χ2v) is 6.46. The van der Waals surface area contributed by atoms with E-state index in [1.54, 1.807) is 7.11 Å². The molecule has 1 aliphatic heterocycles. The molecule has 2 aromatic rings. The highest BCUT2D eigenvalue weighted by atomic mass is 16.5. The van der Waals surface area contributed by atoms with Crippen LogP contribution in [0.2, 0.25) is 0 Å². The zero-order valence-electron chi connectivity index (χ0n) is 14.6. The van der Waals surface area contributed by atoms with Crippen molar-refractivity contribution < 1.29 is 9.53 Å². The molecule has 4 nitrogen and oxygen atoms in total. The molecule has 0 atom stereocenters. The van der Waals surface area contributed by atoms with Gasteiger partial charge >= 0.3 is 0 Å². The van der Waals surface area contributed by atoms with Gasteiger partial charge in [-0.2, -0.15) is 0 Å². The minimum atomic E-state index is 0.215. The minimum absolute atomic E-state index is 0.215. The first-order valence-corrected chi connectivity index (χ1v) is 8.31. The fourth-order valence-corrected chi connectivity index (χ4v) is 3.19. The van der Waals surface area contributed by atoms with E-state index in [4.69, 9.17) is 4.74 Å². The Balaban J connectivity index is 2.06. The topological polar surface area (TPSA) is 32.8 Å². The van der Waals surface area contributed by atoms with Crippen LogP contribution in [-0.4, -0.2) is 38.6 Å². The maximum Gasteiger partial charge on any atom is 0.227 e. The largest absolute Gasteiger partial charge is 0.497 e. The first-order valence-electron chi connectivity index (χ1n) is 8.31. The van der Waals surface area contributed by atoms with Gasteiger partial charge in [0.1, 0.15) is 5.75 Å². The summed E-state index contributed by atoms with van der Waals surface area (Å²) in [6.45, 7) is 1.66. The molecule has 0 radical (unpaired) electrons. The highest BCUT2D eigenvalue weighted by Gasteiger charge is 2.22. The lowest BCUT2D eigenvalue weighted by Crippen LogP contribution is -2.23. The van der Waals surface area contributed by atoms with Crippen molar-refractivity contribution in [2.75, 3.05) is 32.6 Å². The zero-order chi connectivity index (χ0) is 17.1. The van der Waals surface area contributed by atoms with Crippen molar-refractivity contribution in [3.63, 3.8) is 0 Å². The Morgan fingerprint density at radius 2 is 2.00 bits per heavy atom. The molecule has 126 valence electrons. The minimum Gasteiger partial charge on any atom is -0.497 e. The third-order valence-corrected chi connectivity index (χ3v) is 4.35. The Morgan fingerprint density at radius 3 is 2.67 bits per heavy atom. The molecular formula is C20H24N2O2. The van der Waals surface area contributed by atoms with Crippen LogP contribution in [0.1, 0.15) is 18.4 Å². The first kappa shape index (κ1) is 16.5. The SMILES string of the molecule is COc1cccc(-c2cc(N3CCCC3=O)ccc2CN(C)C)c1. The van der Waals surface area contributed by atoms with E-state index in [9.17, 15) is 4.79 Å². The van der Waals surface area contributed by atoms with Crippen LogP contribution in [0, 0.1) is 0 Å². The van der Waals surface area contributed by atoms with Crippen LogP contribution in [0.4, 0.5) is 5.69 Å². The normalized spacial score (nSPS) is 14.5. The number of amides is 1. The standard InChI is InChI=1S/C20H24N2O2/c1-21(2)14-16-9-10-17(22-11-5-8-20(22)23)13-19(16)15-6-4-7-18(12-15)24-3/h4,6-7,9-10,12-13H,5,8,11,14H2,1-3H3. The van der Waals surface area contributed by atoms with E-state index >= 15 is 0 Å². The highest BCUT2D eigenvalue weighted by Crippen LogP contribution is 2.32. The van der Waals surface area contributed by atoms with E-state index in [-0.39, 0.29) is 5.91 Å². The Bertz CT molecular complexity index is 740. The van der Waals surface area contributed by atoms with Crippen LogP contribution in [0.3, 0.4) is 0 Å². The molecule has 1 fully saturated rings. The van der Waals surface area contributed by atoms with Crippen molar-refractivity contribution >= 4 is 11.6 Å². The van der Waals surface area contributed by atoms with Gasteiger partial charge in [-0.25, -0.2) is 0 Å². The quantitative estimate of drug-likeness (QED) is 0.843. The number of carbonyl (C=O) groups is 1. The van der Waals surface area contributed by atoms with Gasteiger partial charge in [-0.3, -0.25) is 4.79 Å². The Kier molecular flexibility index (Phi) is 4.86. The monoisotopic (exact) mass is 324 g/mol. The van der Waals surface area contributed by atoms with Crippen molar-refractivity contribution in [2.24, 2.45) is 0 Å². The molecule has 1 heterocycles. The van der Waals surface area contributed by atoms with Crippen LogP contribution in [0.15, 0.2) is 42.5 Å². The molecule has 1 saturated heterocycles. The first-order chi connectivity index (χ1) is 11.6. The number of methoxy groups -OCH3 is 1. The van der Waals surface area contributed by atoms with Crippen LogP contribution < -0.4 is 9.64 Å². The average molecular weight is 324 g/mol. The van der Waals surface area contributed by atoms with E-state index in [1.165, 1.54) is 5.56 Å². The van der Waals surface area contributed by atoms with Crippen LogP contribution >= 0.6 is 0 Å². The summed E-state index contributed by atoms with van der Waals surface area (Å²) in [7, 11) is 5.81. The molecule has 24 heavy (non-hydrogen) atoms. The van der Waals surface area contributed by atoms with Crippen LogP contribution in [0.25, 0.3) is 11.1 Å². The Hall–Kier alpha value is -2.33. The van der Waals surface area contributed by atoms with Gasteiger partial charge in [0.2, 0.25) is 5.91 Å². The summed E-state index contributed by atoms with van der Waals surface area (Å²) in [5.41, 5.74) is 4.49. The lowest BCUT2D eigenvalue weighted by Gasteiger charge is -2.20. The molecule has 0 aliphatic carbocycles. The molecule has 0 aromatic heterocycles. The number of hydrogen-bond acceptors (Lipinski definition) is 3. The molecule has 4 heteroatoms. The van der Waals surface area contributed by atoms with E-state index in [0.717, 1.165) is 42.1 Å². The Labute approximate surface area is 143 Å². The summed E-state index contributed by atoms with van der Waals surface area (Å²) in [4.78, 5) is 16.1.